The SMILES string of the molecule is COc1ccc(C2(C(=O)Oc3ccc4[nH]c(C5CC5)cc4c3)CC2)cc1. The average Bonchev–Trinajstić information content (AvgIpc) is 3.58. The molecule has 4 heteroatoms. The molecule has 0 saturated heterocycles. The van der Waals surface area contributed by atoms with Crippen molar-refractivity contribution in [1.82, 2.24) is 4.98 Å². The Morgan fingerprint density at radius 1 is 1.04 bits per heavy atom. The number of rotatable bonds is 5. The summed E-state index contributed by atoms with van der Waals surface area (Å²) in [6, 6.07) is 15.7. The van der Waals surface area contributed by atoms with E-state index in [1.807, 2.05) is 42.5 Å². The quantitative estimate of drug-likeness (QED) is 0.538. The lowest BCUT2D eigenvalue weighted by molar-refractivity contribution is -0.137. The van der Waals surface area contributed by atoms with Gasteiger partial charge in [0.2, 0.25) is 0 Å². The molecule has 3 aromatic rings. The molecule has 0 amide bonds. The summed E-state index contributed by atoms with van der Waals surface area (Å²) in [6.07, 6.45) is 4.19. The van der Waals surface area contributed by atoms with Crippen LogP contribution in [0.25, 0.3) is 10.9 Å². The number of fused-ring (bicyclic) bond motifs is 1. The first-order chi connectivity index (χ1) is 12.7. The molecule has 2 fully saturated rings. The standard InChI is InChI=1S/C22H21NO3/c1-25-17-6-4-16(5-7-17)22(10-11-22)21(24)26-18-8-9-19-15(12-18)13-20(23-19)14-2-3-14/h4-9,12-14,23H,2-3,10-11H2,1H3. The summed E-state index contributed by atoms with van der Waals surface area (Å²) in [5.74, 6) is 1.92. The third-order valence-corrected chi connectivity index (χ3v) is 5.62. The largest absolute Gasteiger partial charge is 0.497 e. The van der Waals surface area contributed by atoms with E-state index in [1.54, 1.807) is 7.11 Å². The predicted octanol–water partition coefficient (Wildman–Crippen LogP) is 4.69. The highest BCUT2D eigenvalue weighted by Crippen LogP contribution is 2.49. The number of nitrogens with one attached hydrogen (secondary N) is 1. The zero-order chi connectivity index (χ0) is 17.7. The Kier molecular flexibility index (Phi) is 3.36. The molecule has 2 saturated carbocycles. The van der Waals surface area contributed by atoms with Gasteiger partial charge in [-0.2, -0.15) is 0 Å². The van der Waals surface area contributed by atoms with Gasteiger partial charge in [0.1, 0.15) is 11.5 Å². The van der Waals surface area contributed by atoms with Crippen LogP contribution in [-0.4, -0.2) is 18.1 Å². The van der Waals surface area contributed by atoms with Gasteiger partial charge in [0.05, 0.1) is 12.5 Å². The number of aromatic nitrogens is 1. The molecule has 0 spiro atoms. The van der Waals surface area contributed by atoms with Gasteiger partial charge in [-0.15, -0.1) is 0 Å². The first kappa shape index (κ1) is 15.5. The second-order valence-corrected chi connectivity index (χ2v) is 7.45. The summed E-state index contributed by atoms with van der Waals surface area (Å²) in [5, 5.41) is 1.10. The second-order valence-electron chi connectivity index (χ2n) is 7.45. The van der Waals surface area contributed by atoms with E-state index in [0.29, 0.717) is 11.7 Å². The first-order valence-electron chi connectivity index (χ1n) is 9.17. The van der Waals surface area contributed by atoms with Crippen molar-refractivity contribution in [2.45, 2.75) is 37.0 Å². The van der Waals surface area contributed by atoms with Gasteiger partial charge in [0.15, 0.2) is 0 Å². The highest BCUT2D eigenvalue weighted by molar-refractivity contribution is 5.89. The first-order valence-corrected chi connectivity index (χ1v) is 9.17. The molecule has 0 unspecified atom stereocenters. The van der Waals surface area contributed by atoms with Gasteiger partial charge in [-0.1, -0.05) is 12.1 Å². The molecule has 1 N–H and O–H groups in total. The van der Waals surface area contributed by atoms with E-state index in [0.717, 1.165) is 35.1 Å². The van der Waals surface area contributed by atoms with Crippen LogP contribution in [0.5, 0.6) is 11.5 Å². The van der Waals surface area contributed by atoms with Crippen LogP contribution in [0.15, 0.2) is 48.5 Å². The lowest BCUT2D eigenvalue weighted by Crippen LogP contribution is -2.25. The van der Waals surface area contributed by atoms with Crippen molar-refractivity contribution < 1.29 is 14.3 Å². The summed E-state index contributed by atoms with van der Waals surface area (Å²) >= 11 is 0. The number of esters is 1. The van der Waals surface area contributed by atoms with Crippen LogP contribution in [-0.2, 0) is 10.2 Å². The van der Waals surface area contributed by atoms with Crippen LogP contribution in [0.2, 0.25) is 0 Å². The maximum atomic E-state index is 12.8. The normalized spacial score (nSPS) is 17.9. The number of methoxy groups -OCH3 is 1. The summed E-state index contributed by atoms with van der Waals surface area (Å²) < 4.78 is 11.0. The molecule has 1 heterocycles. The Balaban J connectivity index is 1.38. The Hall–Kier alpha value is -2.75. The Morgan fingerprint density at radius 2 is 1.77 bits per heavy atom. The average molecular weight is 347 g/mol. The lowest BCUT2D eigenvalue weighted by atomic mass is 9.96. The number of carbonyl (C=O) groups is 1. The van der Waals surface area contributed by atoms with Gasteiger partial charge in [0.25, 0.3) is 0 Å². The second kappa shape index (κ2) is 5.63. The minimum atomic E-state index is -0.501. The highest BCUT2D eigenvalue weighted by Gasteiger charge is 2.53. The molecule has 0 bridgehead atoms. The number of ether oxygens (including phenoxy) is 2. The van der Waals surface area contributed by atoms with Gasteiger partial charge in [-0.05, 0) is 73.6 Å². The molecule has 4 nitrogen and oxygen atoms in total. The number of benzene rings is 2. The maximum absolute atomic E-state index is 12.8. The zero-order valence-electron chi connectivity index (χ0n) is 14.7. The molecular weight excluding hydrogens is 326 g/mol. The van der Waals surface area contributed by atoms with Crippen molar-refractivity contribution in [3.8, 4) is 11.5 Å². The number of H-pyrrole nitrogens is 1. The van der Waals surface area contributed by atoms with E-state index in [1.165, 1.54) is 18.5 Å². The van der Waals surface area contributed by atoms with Crippen LogP contribution in [0.1, 0.15) is 42.9 Å². The molecule has 5 rings (SSSR count). The van der Waals surface area contributed by atoms with Gasteiger partial charge in [-0.25, -0.2) is 0 Å². The lowest BCUT2D eigenvalue weighted by Gasteiger charge is -2.15. The molecule has 0 aliphatic heterocycles. The van der Waals surface area contributed by atoms with Crippen molar-refractivity contribution in [2.24, 2.45) is 0 Å². The molecular formula is C22H21NO3. The molecule has 0 radical (unpaired) electrons. The third kappa shape index (κ3) is 2.57. The van der Waals surface area contributed by atoms with Crippen LogP contribution < -0.4 is 9.47 Å². The summed E-state index contributed by atoms with van der Waals surface area (Å²) in [6.45, 7) is 0. The number of aromatic amines is 1. The minimum Gasteiger partial charge on any atom is -0.497 e. The van der Waals surface area contributed by atoms with Crippen LogP contribution in [0, 0.1) is 0 Å². The van der Waals surface area contributed by atoms with Crippen molar-refractivity contribution in [3.05, 3.63) is 59.8 Å². The van der Waals surface area contributed by atoms with Crippen LogP contribution in [0.3, 0.4) is 0 Å². The van der Waals surface area contributed by atoms with E-state index in [4.69, 9.17) is 9.47 Å². The minimum absolute atomic E-state index is 0.167. The molecule has 2 aliphatic carbocycles. The van der Waals surface area contributed by atoms with Crippen LogP contribution in [0.4, 0.5) is 0 Å². The van der Waals surface area contributed by atoms with Gasteiger partial charge in [-0.3, -0.25) is 4.79 Å². The molecule has 2 aliphatic rings. The topological polar surface area (TPSA) is 51.3 Å². The van der Waals surface area contributed by atoms with Gasteiger partial charge >= 0.3 is 5.97 Å². The molecule has 1 aromatic heterocycles. The van der Waals surface area contributed by atoms with E-state index >= 15 is 0 Å². The number of carbonyl (C=O) groups excluding carboxylic acids is 1. The van der Waals surface area contributed by atoms with Gasteiger partial charge < -0.3 is 14.5 Å². The smallest absolute Gasteiger partial charge is 0.321 e. The Bertz CT molecular complexity index is 978. The predicted molar refractivity (Wildman–Crippen MR) is 99.8 cm³/mol. The Labute approximate surface area is 152 Å². The Morgan fingerprint density at radius 3 is 2.42 bits per heavy atom. The molecule has 132 valence electrons. The van der Waals surface area contributed by atoms with E-state index < -0.39 is 5.41 Å². The number of hydrogen-bond donors (Lipinski definition) is 1. The summed E-state index contributed by atoms with van der Waals surface area (Å²) in [4.78, 5) is 16.3. The van der Waals surface area contributed by atoms with Gasteiger partial charge in [0, 0.05) is 16.6 Å². The van der Waals surface area contributed by atoms with E-state index in [-0.39, 0.29) is 5.97 Å². The van der Waals surface area contributed by atoms with E-state index in [2.05, 4.69) is 11.1 Å². The molecule has 2 aromatic carbocycles. The fraction of sp³-hybridized carbons (Fsp3) is 0.318. The van der Waals surface area contributed by atoms with Crippen molar-refractivity contribution in [2.75, 3.05) is 7.11 Å². The maximum Gasteiger partial charge on any atom is 0.321 e. The highest BCUT2D eigenvalue weighted by atomic mass is 16.5. The molecule has 0 atom stereocenters. The van der Waals surface area contributed by atoms with Crippen molar-refractivity contribution in [3.63, 3.8) is 0 Å². The van der Waals surface area contributed by atoms with Crippen LogP contribution >= 0.6 is 0 Å². The third-order valence-electron chi connectivity index (χ3n) is 5.62. The van der Waals surface area contributed by atoms with Crippen molar-refractivity contribution in [1.29, 1.82) is 0 Å². The summed E-state index contributed by atoms with van der Waals surface area (Å²) in [7, 11) is 1.64. The van der Waals surface area contributed by atoms with E-state index in [9.17, 15) is 4.79 Å². The van der Waals surface area contributed by atoms with Crippen molar-refractivity contribution >= 4 is 16.9 Å². The monoisotopic (exact) mass is 347 g/mol. The summed E-state index contributed by atoms with van der Waals surface area (Å²) in [5.41, 5.74) is 2.89. The molecule has 26 heavy (non-hydrogen) atoms. The fourth-order valence-electron chi connectivity index (χ4n) is 3.66. The zero-order valence-corrected chi connectivity index (χ0v) is 14.7. The fourth-order valence-corrected chi connectivity index (χ4v) is 3.66. The number of hydrogen-bond acceptors (Lipinski definition) is 3.